The van der Waals surface area contributed by atoms with Crippen LogP contribution in [0, 0.1) is 0 Å². The maximum atomic E-state index is 11.1. The summed E-state index contributed by atoms with van der Waals surface area (Å²) in [4.78, 5) is 0.154. The summed E-state index contributed by atoms with van der Waals surface area (Å²) in [5.74, 6) is 0. The van der Waals surface area contributed by atoms with Crippen molar-refractivity contribution in [2.75, 3.05) is 17.2 Å². The van der Waals surface area contributed by atoms with E-state index in [2.05, 4.69) is 4.72 Å². The average Bonchev–Trinajstić information content (AvgIpc) is 2.00. The molecule has 5 nitrogen and oxygen atoms in total. The van der Waals surface area contributed by atoms with Gasteiger partial charge in [-0.25, -0.2) is 16.8 Å². The fourth-order valence-electron chi connectivity index (χ4n) is 0.984. The van der Waals surface area contributed by atoms with E-state index in [-0.39, 0.29) is 4.90 Å². The topological polar surface area (TPSA) is 80.3 Å². The molecule has 0 atom stereocenters. The Balaban J connectivity index is 3.02. The Kier molecular flexibility index (Phi) is 3.05. The van der Waals surface area contributed by atoms with Crippen molar-refractivity contribution < 1.29 is 16.8 Å². The largest absolute Gasteiger partial charge is 0.284 e. The van der Waals surface area contributed by atoms with Crippen LogP contribution in [0.3, 0.4) is 0 Å². The van der Waals surface area contributed by atoms with Crippen LogP contribution in [0.4, 0.5) is 5.69 Å². The van der Waals surface area contributed by atoms with Crippen LogP contribution in [0.5, 0.6) is 0 Å². The van der Waals surface area contributed by atoms with E-state index in [9.17, 15) is 16.8 Å². The van der Waals surface area contributed by atoms with Crippen molar-refractivity contribution in [3.63, 3.8) is 0 Å². The van der Waals surface area contributed by atoms with Gasteiger partial charge in [0.05, 0.1) is 11.2 Å². The zero-order chi connectivity index (χ0) is 11.7. The summed E-state index contributed by atoms with van der Waals surface area (Å²) in [6, 6.07) is 5.50. The Hall–Kier alpha value is -1.08. The summed E-state index contributed by atoms with van der Waals surface area (Å²) >= 11 is 0. The second-order valence-corrected chi connectivity index (χ2v) is 6.93. The van der Waals surface area contributed by atoms with Gasteiger partial charge in [0.2, 0.25) is 10.0 Å². The molecule has 0 aromatic heterocycles. The Morgan fingerprint density at radius 3 is 1.73 bits per heavy atom. The highest BCUT2D eigenvalue weighted by molar-refractivity contribution is 7.92. The number of rotatable bonds is 3. The molecule has 0 bridgehead atoms. The second-order valence-electron chi connectivity index (χ2n) is 3.17. The summed E-state index contributed by atoms with van der Waals surface area (Å²) in [7, 11) is -6.57. The molecule has 1 aromatic rings. The molecule has 0 radical (unpaired) electrons. The van der Waals surface area contributed by atoms with E-state index >= 15 is 0 Å². The number of sulfone groups is 1. The van der Waals surface area contributed by atoms with Gasteiger partial charge in [0, 0.05) is 11.9 Å². The number of hydrogen-bond donors (Lipinski definition) is 1. The third-order valence-corrected chi connectivity index (χ3v) is 3.32. The minimum Gasteiger partial charge on any atom is -0.284 e. The number of nitrogens with one attached hydrogen (secondary N) is 1. The Bertz CT molecular complexity index is 543. The quantitative estimate of drug-likeness (QED) is 0.844. The van der Waals surface area contributed by atoms with Crippen LogP contribution in [-0.2, 0) is 19.9 Å². The van der Waals surface area contributed by atoms with Gasteiger partial charge in [-0.05, 0) is 24.3 Å². The molecule has 0 aliphatic carbocycles. The van der Waals surface area contributed by atoms with Crippen molar-refractivity contribution in [1.29, 1.82) is 0 Å². The van der Waals surface area contributed by atoms with Gasteiger partial charge < -0.3 is 0 Å². The Labute approximate surface area is 89.1 Å². The van der Waals surface area contributed by atoms with Crippen LogP contribution in [0.25, 0.3) is 0 Å². The predicted octanol–water partition coefficient (Wildman–Crippen LogP) is 0.462. The molecule has 84 valence electrons. The average molecular weight is 249 g/mol. The molecule has 1 rings (SSSR count). The van der Waals surface area contributed by atoms with E-state index in [0.29, 0.717) is 5.69 Å². The maximum Gasteiger partial charge on any atom is 0.229 e. The van der Waals surface area contributed by atoms with Crippen molar-refractivity contribution in [2.24, 2.45) is 0 Å². The highest BCUT2D eigenvalue weighted by Crippen LogP contribution is 2.14. The van der Waals surface area contributed by atoms with Gasteiger partial charge in [-0.15, -0.1) is 0 Å². The monoisotopic (exact) mass is 249 g/mol. The van der Waals surface area contributed by atoms with Crippen molar-refractivity contribution in [2.45, 2.75) is 4.90 Å². The minimum absolute atomic E-state index is 0.154. The highest BCUT2D eigenvalue weighted by Gasteiger charge is 2.07. The number of benzene rings is 1. The van der Waals surface area contributed by atoms with Gasteiger partial charge in [-0.2, -0.15) is 0 Å². The van der Waals surface area contributed by atoms with Gasteiger partial charge >= 0.3 is 0 Å². The molecule has 0 aliphatic rings. The lowest BCUT2D eigenvalue weighted by molar-refractivity contribution is 0.601. The molecule has 0 spiro atoms. The zero-order valence-electron chi connectivity index (χ0n) is 8.26. The second kappa shape index (κ2) is 3.82. The molecule has 0 fully saturated rings. The maximum absolute atomic E-state index is 11.1. The van der Waals surface area contributed by atoms with Crippen molar-refractivity contribution in [1.82, 2.24) is 0 Å². The normalized spacial score (nSPS) is 12.4. The minimum atomic E-state index is -3.32. The van der Waals surface area contributed by atoms with Crippen LogP contribution in [0.1, 0.15) is 0 Å². The standard InChI is InChI=1S/C8H11NO4S2/c1-14(10,11)8-5-3-7(4-6-8)9-15(2,12)13/h3-6,9H,1-2H3. The number of anilines is 1. The first-order chi connectivity index (χ1) is 6.68. The Morgan fingerprint density at radius 2 is 1.40 bits per heavy atom. The van der Waals surface area contributed by atoms with Crippen molar-refractivity contribution in [3.8, 4) is 0 Å². The summed E-state index contributed by atoms with van der Waals surface area (Å²) in [6.07, 6.45) is 2.11. The molecule has 0 saturated heterocycles. The van der Waals surface area contributed by atoms with Crippen molar-refractivity contribution >= 4 is 25.5 Å². The molecule has 0 unspecified atom stereocenters. The molecule has 0 aliphatic heterocycles. The lowest BCUT2D eigenvalue weighted by Crippen LogP contribution is -2.09. The summed E-state index contributed by atoms with van der Waals surface area (Å²) < 4.78 is 46.1. The van der Waals surface area contributed by atoms with Crippen molar-refractivity contribution in [3.05, 3.63) is 24.3 Å². The van der Waals surface area contributed by atoms with Crippen LogP contribution in [0.15, 0.2) is 29.2 Å². The molecule has 0 amide bonds. The molecular formula is C8H11NO4S2. The van der Waals surface area contributed by atoms with E-state index in [1.54, 1.807) is 0 Å². The first kappa shape index (κ1) is 12.0. The summed E-state index contributed by atoms with van der Waals surface area (Å²) in [6.45, 7) is 0. The summed E-state index contributed by atoms with van der Waals surface area (Å²) in [5, 5.41) is 0. The zero-order valence-corrected chi connectivity index (χ0v) is 9.89. The molecule has 1 N–H and O–H groups in total. The van der Waals surface area contributed by atoms with E-state index in [1.165, 1.54) is 24.3 Å². The van der Waals surface area contributed by atoms with Crippen LogP contribution < -0.4 is 4.72 Å². The van der Waals surface area contributed by atoms with Crippen LogP contribution in [-0.4, -0.2) is 29.3 Å². The van der Waals surface area contributed by atoms with E-state index in [4.69, 9.17) is 0 Å². The van der Waals surface area contributed by atoms with Crippen LogP contribution >= 0.6 is 0 Å². The van der Waals surface area contributed by atoms with E-state index in [0.717, 1.165) is 12.5 Å². The van der Waals surface area contributed by atoms with Gasteiger partial charge in [-0.1, -0.05) is 0 Å². The highest BCUT2D eigenvalue weighted by atomic mass is 32.2. The number of hydrogen-bond acceptors (Lipinski definition) is 4. The van der Waals surface area contributed by atoms with E-state index in [1.807, 2.05) is 0 Å². The first-order valence-electron chi connectivity index (χ1n) is 3.96. The molecule has 0 saturated carbocycles. The van der Waals surface area contributed by atoms with E-state index < -0.39 is 19.9 Å². The fraction of sp³-hybridized carbons (Fsp3) is 0.250. The first-order valence-corrected chi connectivity index (χ1v) is 7.75. The molecule has 0 heterocycles. The molecular weight excluding hydrogens is 238 g/mol. The smallest absolute Gasteiger partial charge is 0.229 e. The van der Waals surface area contributed by atoms with Crippen LogP contribution in [0.2, 0.25) is 0 Å². The third-order valence-electron chi connectivity index (χ3n) is 1.59. The molecule has 1 aromatic carbocycles. The number of sulfonamides is 1. The lowest BCUT2D eigenvalue weighted by atomic mass is 10.3. The van der Waals surface area contributed by atoms with Gasteiger partial charge in [0.1, 0.15) is 0 Å². The lowest BCUT2D eigenvalue weighted by Gasteiger charge is -2.04. The van der Waals surface area contributed by atoms with Gasteiger partial charge in [0.25, 0.3) is 0 Å². The third kappa shape index (κ3) is 3.88. The Morgan fingerprint density at radius 1 is 0.933 bits per heavy atom. The van der Waals surface area contributed by atoms with Gasteiger partial charge in [-0.3, -0.25) is 4.72 Å². The predicted molar refractivity (Wildman–Crippen MR) is 58.0 cm³/mol. The summed E-state index contributed by atoms with van der Waals surface area (Å²) in [5.41, 5.74) is 0.338. The fourth-order valence-corrected chi connectivity index (χ4v) is 2.18. The van der Waals surface area contributed by atoms with Gasteiger partial charge in [0.15, 0.2) is 9.84 Å². The molecule has 7 heteroatoms. The SMILES string of the molecule is CS(=O)(=O)Nc1ccc(S(C)(=O)=O)cc1. The molecule has 15 heavy (non-hydrogen) atoms.